The summed E-state index contributed by atoms with van der Waals surface area (Å²) in [5, 5.41) is 2.60. The summed E-state index contributed by atoms with van der Waals surface area (Å²) >= 11 is 0. The molecule has 0 saturated carbocycles. The molecule has 6 nitrogen and oxygen atoms in total. The molecule has 0 aliphatic rings. The van der Waals surface area contributed by atoms with Crippen LogP contribution in [0.2, 0.25) is 0 Å². The number of carbonyl (C=O) groups excluding carboxylic acids is 3. The van der Waals surface area contributed by atoms with Crippen LogP contribution >= 0.6 is 0 Å². The Morgan fingerprint density at radius 1 is 1.08 bits per heavy atom. The van der Waals surface area contributed by atoms with Gasteiger partial charge in [0.2, 0.25) is 0 Å². The van der Waals surface area contributed by atoms with E-state index in [-0.39, 0.29) is 31.1 Å². The molecule has 1 aromatic rings. The van der Waals surface area contributed by atoms with Gasteiger partial charge in [0.05, 0.1) is 19.6 Å². The molecule has 1 rings (SSSR count). The topological polar surface area (TPSA) is 81.7 Å². The minimum Gasteiger partial charge on any atom is -0.469 e. The number of carbonyl (C=O) groups is 3. The first-order chi connectivity index (χ1) is 11.4. The maximum absolute atomic E-state index is 12.2. The molecular formula is C18H25NO5. The first-order valence-corrected chi connectivity index (χ1v) is 7.99. The number of methoxy groups -OCH3 is 1. The second-order valence-corrected chi connectivity index (χ2v) is 5.93. The lowest BCUT2D eigenvalue weighted by molar-refractivity contribution is -0.142. The van der Waals surface area contributed by atoms with E-state index in [0.717, 1.165) is 5.56 Å². The lowest BCUT2D eigenvalue weighted by Crippen LogP contribution is -2.42. The van der Waals surface area contributed by atoms with Crippen molar-refractivity contribution < 1.29 is 23.9 Å². The van der Waals surface area contributed by atoms with Crippen LogP contribution in [0.25, 0.3) is 0 Å². The third-order valence-electron chi connectivity index (χ3n) is 3.40. The highest BCUT2D eigenvalue weighted by Gasteiger charge is 2.23. The van der Waals surface area contributed by atoms with Crippen molar-refractivity contribution in [3.05, 3.63) is 35.9 Å². The van der Waals surface area contributed by atoms with Crippen molar-refractivity contribution in [3.8, 4) is 0 Å². The van der Waals surface area contributed by atoms with E-state index in [9.17, 15) is 14.4 Å². The van der Waals surface area contributed by atoms with Gasteiger partial charge in [0.15, 0.2) is 5.78 Å². The van der Waals surface area contributed by atoms with Crippen LogP contribution in [0.1, 0.15) is 38.7 Å². The Labute approximate surface area is 142 Å². The average molecular weight is 335 g/mol. The van der Waals surface area contributed by atoms with Crippen molar-refractivity contribution in [1.82, 2.24) is 5.32 Å². The predicted molar refractivity (Wildman–Crippen MR) is 89.3 cm³/mol. The van der Waals surface area contributed by atoms with Crippen LogP contribution in [0.15, 0.2) is 30.3 Å². The van der Waals surface area contributed by atoms with Gasteiger partial charge in [-0.25, -0.2) is 4.79 Å². The zero-order valence-electron chi connectivity index (χ0n) is 14.4. The van der Waals surface area contributed by atoms with Crippen molar-refractivity contribution in [2.45, 2.75) is 45.8 Å². The standard InChI is InChI=1S/C18H25NO5/c1-13(2)11-15(16(20)9-10-17(21)23-3)19-18(22)24-12-14-7-5-4-6-8-14/h4-8,13,15H,9-12H2,1-3H3,(H,19,22)/t15-/m0/s1. The predicted octanol–water partition coefficient (Wildman–Crippen LogP) is 2.85. The highest BCUT2D eigenvalue weighted by molar-refractivity contribution is 5.89. The molecule has 24 heavy (non-hydrogen) atoms. The Morgan fingerprint density at radius 2 is 1.75 bits per heavy atom. The van der Waals surface area contributed by atoms with E-state index in [1.807, 2.05) is 44.2 Å². The number of Topliss-reactive ketones (excluding diaryl/α,β-unsaturated/α-hetero) is 1. The van der Waals surface area contributed by atoms with E-state index >= 15 is 0 Å². The summed E-state index contributed by atoms with van der Waals surface area (Å²) in [5.41, 5.74) is 0.866. The number of hydrogen-bond donors (Lipinski definition) is 1. The number of amides is 1. The summed E-state index contributed by atoms with van der Waals surface area (Å²) in [7, 11) is 1.28. The third kappa shape index (κ3) is 7.76. The molecule has 0 unspecified atom stereocenters. The fraction of sp³-hybridized carbons (Fsp3) is 0.500. The van der Waals surface area contributed by atoms with Gasteiger partial charge in [-0.2, -0.15) is 0 Å². The average Bonchev–Trinajstić information content (AvgIpc) is 2.57. The van der Waals surface area contributed by atoms with Gasteiger partial charge in [-0.3, -0.25) is 9.59 Å². The summed E-state index contributed by atoms with van der Waals surface area (Å²) in [6.45, 7) is 4.05. The van der Waals surface area contributed by atoms with Crippen LogP contribution in [-0.4, -0.2) is 31.0 Å². The number of hydrogen-bond acceptors (Lipinski definition) is 5. The SMILES string of the molecule is COC(=O)CCC(=O)[C@H](CC(C)C)NC(=O)OCc1ccccc1. The van der Waals surface area contributed by atoms with E-state index in [1.165, 1.54) is 7.11 Å². The number of alkyl carbamates (subject to hydrolysis) is 1. The fourth-order valence-electron chi connectivity index (χ4n) is 2.15. The van der Waals surface area contributed by atoms with E-state index in [2.05, 4.69) is 10.1 Å². The Kier molecular flexibility index (Phi) is 8.54. The molecular weight excluding hydrogens is 310 g/mol. The molecule has 0 saturated heterocycles. The Hall–Kier alpha value is -2.37. The summed E-state index contributed by atoms with van der Waals surface area (Å²) in [6.07, 6.45) is -0.121. The summed E-state index contributed by atoms with van der Waals surface area (Å²) in [6, 6.07) is 8.62. The Bertz CT molecular complexity index is 542. The van der Waals surface area contributed by atoms with Gasteiger partial charge in [-0.15, -0.1) is 0 Å². The fourth-order valence-corrected chi connectivity index (χ4v) is 2.15. The minimum absolute atomic E-state index is 0.00463. The number of ketones is 1. The van der Waals surface area contributed by atoms with Crippen molar-refractivity contribution in [2.75, 3.05) is 7.11 Å². The van der Waals surface area contributed by atoms with Crippen LogP contribution in [0.5, 0.6) is 0 Å². The van der Waals surface area contributed by atoms with E-state index < -0.39 is 18.1 Å². The van der Waals surface area contributed by atoms with E-state index in [1.54, 1.807) is 0 Å². The monoisotopic (exact) mass is 335 g/mol. The number of rotatable bonds is 9. The van der Waals surface area contributed by atoms with E-state index in [4.69, 9.17) is 4.74 Å². The summed E-state index contributed by atoms with van der Waals surface area (Å²) in [4.78, 5) is 35.3. The number of ether oxygens (including phenoxy) is 2. The first kappa shape index (κ1) is 19.7. The van der Waals surface area contributed by atoms with Gasteiger partial charge < -0.3 is 14.8 Å². The molecule has 1 aromatic carbocycles. The van der Waals surface area contributed by atoms with Crippen molar-refractivity contribution in [2.24, 2.45) is 5.92 Å². The molecule has 0 bridgehead atoms. The molecule has 6 heteroatoms. The third-order valence-corrected chi connectivity index (χ3v) is 3.40. The molecule has 0 aliphatic carbocycles. The minimum atomic E-state index is -0.669. The normalized spacial score (nSPS) is 11.7. The van der Waals surface area contributed by atoms with Crippen molar-refractivity contribution in [3.63, 3.8) is 0 Å². The second kappa shape index (κ2) is 10.4. The van der Waals surface area contributed by atoms with Gasteiger partial charge in [-0.1, -0.05) is 44.2 Å². The van der Waals surface area contributed by atoms with Crippen LogP contribution in [0.4, 0.5) is 4.79 Å². The van der Waals surface area contributed by atoms with Crippen LogP contribution in [0, 0.1) is 5.92 Å². The zero-order valence-corrected chi connectivity index (χ0v) is 14.4. The molecule has 0 aromatic heterocycles. The second-order valence-electron chi connectivity index (χ2n) is 5.93. The highest BCUT2D eigenvalue weighted by Crippen LogP contribution is 2.10. The Balaban J connectivity index is 2.52. The van der Waals surface area contributed by atoms with Gasteiger partial charge in [-0.05, 0) is 17.9 Å². The van der Waals surface area contributed by atoms with Gasteiger partial charge in [0.1, 0.15) is 6.61 Å². The smallest absolute Gasteiger partial charge is 0.408 e. The summed E-state index contributed by atoms with van der Waals surface area (Å²) < 4.78 is 9.67. The highest BCUT2D eigenvalue weighted by atomic mass is 16.5. The zero-order chi connectivity index (χ0) is 17.9. The van der Waals surface area contributed by atoms with Crippen molar-refractivity contribution >= 4 is 17.8 Å². The number of esters is 1. The molecule has 1 amide bonds. The molecule has 0 aliphatic heterocycles. The number of nitrogens with one attached hydrogen (secondary N) is 1. The van der Waals surface area contributed by atoms with Crippen LogP contribution in [-0.2, 0) is 25.7 Å². The van der Waals surface area contributed by atoms with Crippen molar-refractivity contribution in [1.29, 1.82) is 0 Å². The quantitative estimate of drug-likeness (QED) is 0.702. The van der Waals surface area contributed by atoms with Gasteiger partial charge in [0.25, 0.3) is 0 Å². The molecule has 1 atom stereocenters. The van der Waals surface area contributed by atoms with Gasteiger partial charge >= 0.3 is 12.1 Å². The van der Waals surface area contributed by atoms with Crippen LogP contribution in [0.3, 0.4) is 0 Å². The largest absolute Gasteiger partial charge is 0.469 e. The molecule has 1 N–H and O–H groups in total. The number of benzene rings is 1. The lowest BCUT2D eigenvalue weighted by Gasteiger charge is -2.19. The van der Waals surface area contributed by atoms with Crippen LogP contribution < -0.4 is 5.32 Å². The molecule has 0 radical (unpaired) electrons. The maximum atomic E-state index is 12.2. The molecule has 0 spiro atoms. The lowest BCUT2D eigenvalue weighted by atomic mass is 9.98. The Morgan fingerprint density at radius 3 is 2.33 bits per heavy atom. The molecule has 0 fully saturated rings. The van der Waals surface area contributed by atoms with E-state index in [0.29, 0.717) is 6.42 Å². The first-order valence-electron chi connectivity index (χ1n) is 7.99. The molecule has 132 valence electrons. The summed E-state index contributed by atoms with van der Waals surface area (Å²) in [5.74, 6) is -0.435. The molecule has 0 heterocycles. The van der Waals surface area contributed by atoms with Gasteiger partial charge in [0, 0.05) is 6.42 Å². The maximum Gasteiger partial charge on any atom is 0.408 e.